The fourth-order valence-electron chi connectivity index (χ4n) is 5.88. The van der Waals surface area contributed by atoms with Crippen LogP contribution in [0.15, 0.2) is 35.5 Å². The maximum Gasteiger partial charge on any atom is 0.342 e. The minimum absolute atomic E-state index is 0.0675. The van der Waals surface area contributed by atoms with Crippen LogP contribution in [-0.4, -0.2) is 94.7 Å². The van der Waals surface area contributed by atoms with Crippen LogP contribution in [0.4, 0.5) is 0 Å². The topological polar surface area (TPSA) is 124 Å². The Hall–Kier alpha value is -3.08. The summed E-state index contributed by atoms with van der Waals surface area (Å²) in [6, 6.07) is 1.54. The summed E-state index contributed by atoms with van der Waals surface area (Å²) in [5.74, 6) is -1.76. The first-order chi connectivity index (χ1) is 19.8. The number of phenolic OH excluding ortho intramolecular Hbond substituents is 2. The Morgan fingerprint density at radius 1 is 1.12 bits per heavy atom. The molecule has 0 spiro atoms. The van der Waals surface area contributed by atoms with Gasteiger partial charge < -0.3 is 34.3 Å². The number of nitrogens with zero attached hydrogens (tertiary/aromatic N) is 3. The van der Waals surface area contributed by atoms with E-state index in [2.05, 4.69) is 10.1 Å². The number of piperidine rings is 2. The van der Waals surface area contributed by atoms with E-state index in [-0.39, 0.29) is 53.0 Å². The van der Waals surface area contributed by atoms with Gasteiger partial charge in [-0.25, -0.2) is 4.79 Å². The second-order valence-electron chi connectivity index (χ2n) is 11.2. The molecule has 3 fully saturated rings. The SMILES string of the molecule is C[C@@H]1C[C@H]2O[C@@H]2/C=C/C=C/C(=N\OCC(=O)N2CCC(N3CCCCC3)CC2)Cc2c(Cl)c(O)cc(O)c2C(=O)O1. The third-order valence-electron chi connectivity index (χ3n) is 8.17. The number of benzene rings is 1. The monoisotopic (exact) mass is 587 g/mol. The van der Waals surface area contributed by atoms with Crippen molar-refractivity contribution in [2.45, 2.75) is 76.2 Å². The summed E-state index contributed by atoms with van der Waals surface area (Å²) in [5.41, 5.74) is 0.306. The van der Waals surface area contributed by atoms with Crippen LogP contribution >= 0.6 is 11.6 Å². The number of aromatic hydroxyl groups is 2. The maximum absolute atomic E-state index is 13.1. The number of esters is 1. The largest absolute Gasteiger partial charge is 0.507 e. The Morgan fingerprint density at radius 2 is 1.88 bits per heavy atom. The summed E-state index contributed by atoms with van der Waals surface area (Å²) >= 11 is 6.40. The average Bonchev–Trinajstić information content (AvgIpc) is 3.70. The number of rotatable bonds is 4. The zero-order valence-corrected chi connectivity index (χ0v) is 24.1. The number of carbonyl (C=O) groups is 2. The normalized spacial score (nSPS) is 28.6. The number of oxime groups is 1. The summed E-state index contributed by atoms with van der Waals surface area (Å²) in [5, 5.41) is 24.9. The lowest BCUT2D eigenvalue weighted by Crippen LogP contribution is -2.48. The molecule has 0 unspecified atom stereocenters. The van der Waals surface area contributed by atoms with Crippen molar-refractivity contribution in [1.29, 1.82) is 0 Å². The lowest BCUT2D eigenvalue weighted by molar-refractivity contribution is -0.137. The van der Waals surface area contributed by atoms with Crippen molar-refractivity contribution in [3.63, 3.8) is 0 Å². The molecule has 10 nitrogen and oxygen atoms in total. The van der Waals surface area contributed by atoms with Gasteiger partial charge in [0.1, 0.15) is 29.3 Å². The third kappa shape index (κ3) is 7.42. The van der Waals surface area contributed by atoms with Crippen molar-refractivity contribution in [3.8, 4) is 11.5 Å². The van der Waals surface area contributed by atoms with Gasteiger partial charge in [-0.15, -0.1) is 0 Å². The van der Waals surface area contributed by atoms with Crippen molar-refractivity contribution < 1.29 is 34.1 Å². The predicted octanol–water partition coefficient (Wildman–Crippen LogP) is 3.97. The first-order valence-electron chi connectivity index (χ1n) is 14.5. The van der Waals surface area contributed by atoms with Gasteiger partial charge in [-0.2, -0.15) is 0 Å². The lowest BCUT2D eigenvalue weighted by Gasteiger charge is -2.40. The van der Waals surface area contributed by atoms with E-state index in [1.165, 1.54) is 19.3 Å². The number of allylic oxidation sites excluding steroid dienone is 3. The maximum atomic E-state index is 13.1. The molecule has 1 amide bonds. The average molecular weight is 588 g/mol. The third-order valence-corrected chi connectivity index (χ3v) is 8.59. The molecular formula is C30H38ClN3O7. The Bertz CT molecular complexity index is 1220. The van der Waals surface area contributed by atoms with E-state index in [1.807, 2.05) is 17.1 Å². The molecule has 0 aromatic heterocycles. The Morgan fingerprint density at radius 3 is 2.63 bits per heavy atom. The molecular weight excluding hydrogens is 550 g/mol. The van der Waals surface area contributed by atoms with Gasteiger partial charge >= 0.3 is 5.97 Å². The Kier molecular flexibility index (Phi) is 9.52. The van der Waals surface area contributed by atoms with E-state index in [0.717, 1.165) is 32.0 Å². The molecule has 0 aliphatic carbocycles. The van der Waals surface area contributed by atoms with Crippen LogP contribution in [-0.2, 0) is 25.5 Å². The summed E-state index contributed by atoms with van der Waals surface area (Å²) in [6.07, 6.45) is 12.6. The number of hydrogen-bond acceptors (Lipinski definition) is 9. The molecule has 0 saturated carbocycles. The Labute approximate surface area is 245 Å². The second kappa shape index (κ2) is 13.3. The van der Waals surface area contributed by atoms with Crippen molar-refractivity contribution in [2.24, 2.45) is 5.16 Å². The number of fused-ring (bicyclic) bond motifs is 2. The van der Waals surface area contributed by atoms with Crippen LogP contribution in [0.5, 0.6) is 11.5 Å². The summed E-state index contributed by atoms with van der Waals surface area (Å²) in [6.45, 7) is 5.20. The van der Waals surface area contributed by atoms with Crippen LogP contribution in [0.1, 0.15) is 61.4 Å². The van der Waals surface area contributed by atoms with E-state index in [0.29, 0.717) is 31.3 Å². The van der Waals surface area contributed by atoms with E-state index in [4.69, 9.17) is 25.9 Å². The van der Waals surface area contributed by atoms with Gasteiger partial charge in [0.05, 0.1) is 16.8 Å². The number of cyclic esters (lactones) is 1. The van der Waals surface area contributed by atoms with Crippen molar-refractivity contribution >= 4 is 29.2 Å². The number of carbonyl (C=O) groups excluding carboxylic acids is 2. The first kappa shape index (κ1) is 29.4. The number of epoxide rings is 1. The summed E-state index contributed by atoms with van der Waals surface area (Å²) < 4.78 is 11.2. The highest BCUT2D eigenvalue weighted by Crippen LogP contribution is 2.38. The fourth-order valence-corrected chi connectivity index (χ4v) is 6.09. The van der Waals surface area contributed by atoms with Crippen molar-refractivity contribution in [1.82, 2.24) is 9.80 Å². The predicted molar refractivity (Wildman–Crippen MR) is 153 cm³/mol. The molecule has 41 heavy (non-hydrogen) atoms. The van der Waals surface area contributed by atoms with Crippen LogP contribution < -0.4 is 0 Å². The molecule has 5 rings (SSSR count). The summed E-state index contributed by atoms with van der Waals surface area (Å²) in [4.78, 5) is 35.8. The first-order valence-corrected chi connectivity index (χ1v) is 14.8. The quantitative estimate of drug-likeness (QED) is 0.308. The van der Waals surface area contributed by atoms with Crippen molar-refractivity contribution in [3.05, 3.63) is 46.5 Å². The standard InChI is InChI=1S/C30H38ClN3O7/c1-19-15-26-25(41-26)8-4-3-7-20(16-22-28(30(38)40-19)23(35)17-24(36)29(22)31)32-39-18-27(37)34-13-9-21(10-14-34)33-11-5-2-6-12-33/h3-4,7-8,17,19,21,25-26,35-36H,2,5-6,9-16,18H2,1H3/b7-3+,8-4+,32-20+/t19-,25-,26-/m1/s1. The number of amides is 1. The molecule has 4 aliphatic rings. The molecule has 4 heterocycles. The van der Waals surface area contributed by atoms with E-state index in [9.17, 15) is 19.8 Å². The molecule has 222 valence electrons. The lowest BCUT2D eigenvalue weighted by atomic mass is 9.99. The van der Waals surface area contributed by atoms with E-state index >= 15 is 0 Å². The minimum atomic E-state index is -0.774. The van der Waals surface area contributed by atoms with E-state index < -0.39 is 17.8 Å². The van der Waals surface area contributed by atoms with Gasteiger partial charge in [-0.3, -0.25) is 4.79 Å². The highest BCUT2D eigenvalue weighted by molar-refractivity contribution is 6.33. The molecule has 0 bridgehead atoms. The number of likely N-dealkylation sites (tertiary alicyclic amines) is 2. The van der Waals surface area contributed by atoms with E-state index in [1.54, 1.807) is 19.1 Å². The van der Waals surface area contributed by atoms with Gasteiger partial charge in [-0.1, -0.05) is 41.4 Å². The number of halogens is 1. The number of hydrogen-bond donors (Lipinski definition) is 2. The molecule has 3 atom stereocenters. The fraction of sp³-hybridized carbons (Fsp3) is 0.567. The van der Waals surface area contributed by atoms with Gasteiger partial charge in [0.2, 0.25) is 0 Å². The number of ether oxygens (including phenoxy) is 2. The molecule has 3 saturated heterocycles. The molecule has 2 N–H and O–H groups in total. The second-order valence-corrected chi connectivity index (χ2v) is 11.5. The summed E-state index contributed by atoms with van der Waals surface area (Å²) in [7, 11) is 0. The van der Waals surface area contributed by atoms with Crippen LogP contribution in [0.3, 0.4) is 0 Å². The zero-order valence-electron chi connectivity index (χ0n) is 23.3. The van der Waals surface area contributed by atoms with Gasteiger partial charge in [0, 0.05) is 38.0 Å². The van der Waals surface area contributed by atoms with Gasteiger partial charge in [0.25, 0.3) is 5.91 Å². The van der Waals surface area contributed by atoms with Gasteiger partial charge in [0.15, 0.2) is 6.61 Å². The Balaban J connectivity index is 1.29. The van der Waals surface area contributed by atoms with Crippen molar-refractivity contribution in [2.75, 3.05) is 32.8 Å². The minimum Gasteiger partial charge on any atom is -0.507 e. The zero-order chi connectivity index (χ0) is 28.9. The molecule has 11 heteroatoms. The van der Waals surface area contributed by atoms with Gasteiger partial charge in [-0.05, 0) is 57.3 Å². The van der Waals surface area contributed by atoms with Crippen LogP contribution in [0, 0.1) is 0 Å². The van der Waals surface area contributed by atoms with Crippen LogP contribution in [0.2, 0.25) is 5.02 Å². The van der Waals surface area contributed by atoms with Crippen LogP contribution in [0.25, 0.3) is 0 Å². The number of phenols is 2. The smallest absolute Gasteiger partial charge is 0.342 e. The molecule has 1 aromatic carbocycles. The molecule has 0 radical (unpaired) electrons. The highest BCUT2D eigenvalue weighted by atomic mass is 35.5. The highest BCUT2D eigenvalue weighted by Gasteiger charge is 2.38. The molecule has 4 aliphatic heterocycles. The molecule has 1 aromatic rings.